The molecule has 5 heteroatoms. The minimum Gasteiger partial charge on any atom is -0.355 e. The highest BCUT2D eigenvalue weighted by molar-refractivity contribution is 6.07. The minimum atomic E-state index is -0.110. The van der Waals surface area contributed by atoms with Gasteiger partial charge in [0, 0.05) is 50.2 Å². The molecule has 2 aromatic heterocycles. The highest BCUT2D eigenvalue weighted by Crippen LogP contribution is 2.17. The molecule has 2 aromatic rings. The second-order valence-electron chi connectivity index (χ2n) is 6.89. The standard InChI is InChI=1S/C21H26N4O/c1-4-17-13-18(15-22-14-17)21(26)19-7-5-8-20(23-19)25-10-6-9-24(11-12-25)16(2)3/h4-5,7-8,13-16H,1,6,9-12H2,2-3H3. The topological polar surface area (TPSA) is 49.3 Å². The molecule has 0 amide bonds. The van der Waals surface area contributed by atoms with Crippen molar-refractivity contribution < 1.29 is 4.79 Å². The normalized spacial score (nSPS) is 15.7. The van der Waals surface area contributed by atoms with Gasteiger partial charge in [-0.1, -0.05) is 18.7 Å². The average molecular weight is 350 g/mol. The van der Waals surface area contributed by atoms with Crippen LogP contribution in [0.15, 0.2) is 43.2 Å². The molecule has 5 nitrogen and oxygen atoms in total. The zero-order valence-electron chi connectivity index (χ0n) is 15.6. The van der Waals surface area contributed by atoms with Crippen LogP contribution in [0.2, 0.25) is 0 Å². The molecule has 3 rings (SSSR count). The summed E-state index contributed by atoms with van der Waals surface area (Å²) in [6, 6.07) is 8.01. The summed E-state index contributed by atoms with van der Waals surface area (Å²) in [5, 5.41) is 0. The largest absolute Gasteiger partial charge is 0.355 e. The highest BCUT2D eigenvalue weighted by atomic mass is 16.1. The van der Waals surface area contributed by atoms with Crippen molar-refractivity contribution in [1.29, 1.82) is 0 Å². The lowest BCUT2D eigenvalue weighted by atomic mass is 10.1. The van der Waals surface area contributed by atoms with Crippen molar-refractivity contribution in [3.8, 4) is 0 Å². The second-order valence-corrected chi connectivity index (χ2v) is 6.89. The van der Waals surface area contributed by atoms with Crippen LogP contribution >= 0.6 is 0 Å². The van der Waals surface area contributed by atoms with Gasteiger partial charge < -0.3 is 4.90 Å². The van der Waals surface area contributed by atoms with Crippen LogP contribution in [0.25, 0.3) is 6.08 Å². The Morgan fingerprint density at radius 2 is 2.04 bits per heavy atom. The molecule has 0 saturated carbocycles. The molecule has 0 atom stereocenters. The van der Waals surface area contributed by atoms with Crippen LogP contribution in [-0.4, -0.2) is 52.9 Å². The summed E-state index contributed by atoms with van der Waals surface area (Å²) in [5.74, 6) is 0.760. The van der Waals surface area contributed by atoms with Crippen molar-refractivity contribution in [3.63, 3.8) is 0 Å². The van der Waals surface area contributed by atoms with Gasteiger partial charge in [0.05, 0.1) is 0 Å². The van der Waals surface area contributed by atoms with Gasteiger partial charge in [0.25, 0.3) is 0 Å². The summed E-state index contributed by atoms with van der Waals surface area (Å²) in [5.41, 5.74) is 1.82. The molecule has 26 heavy (non-hydrogen) atoms. The van der Waals surface area contributed by atoms with Crippen molar-refractivity contribution in [2.75, 3.05) is 31.1 Å². The van der Waals surface area contributed by atoms with Gasteiger partial charge in [0.1, 0.15) is 11.5 Å². The molecule has 0 radical (unpaired) electrons. The van der Waals surface area contributed by atoms with Crippen molar-refractivity contribution in [2.24, 2.45) is 0 Å². The van der Waals surface area contributed by atoms with Crippen LogP contribution in [-0.2, 0) is 0 Å². The van der Waals surface area contributed by atoms with Crippen LogP contribution in [0.4, 0.5) is 5.82 Å². The van der Waals surface area contributed by atoms with E-state index in [-0.39, 0.29) is 5.78 Å². The first kappa shape index (κ1) is 18.3. The molecule has 0 unspecified atom stereocenters. The van der Waals surface area contributed by atoms with Gasteiger partial charge in [0.15, 0.2) is 0 Å². The first-order valence-electron chi connectivity index (χ1n) is 9.16. The van der Waals surface area contributed by atoms with Gasteiger partial charge in [0.2, 0.25) is 5.78 Å². The first-order chi connectivity index (χ1) is 12.6. The Bertz CT molecular complexity index is 787. The summed E-state index contributed by atoms with van der Waals surface area (Å²) in [6.07, 6.45) is 6.05. The van der Waals surface area contributed by atoms with Crippen LogP contribution in [0.3, 0.4) is 0 Å². The fraction of sp³-hybridized carbons (Fsp3) is 0.381. The average Bonchev–Trinajstić information content (AvgIpc) is 2.94. The molecular formula is C21H26N4O. The summed E-state index contributed by atoms with van der Waals surface area (Å²) in [6.45, 7) is 12.2. The first-order valence-corrected chi connectivity index (χ1v) is 9.16. The van der Waals surface area contributed by atoms with Crippen molar-refractivity contribution in [3.05, 3.63) is 60.1 Å². The third-order valence-electron chi connectivity index (χ3n) is 4.81. The number of pyridine rings is 2. The van der Waals surface area contributed by atoms with Gasteiger partial charge in [-0.15, -0.1) is 0 Å². The molecule has 0 bridgehead atoms. The van der Waals surface area contributed by atoms with Crippen molar-refractivity contribution in [1.82, 2.24) is 14.9 Å². The maximum atomic E-state index is 12.8. The number of ketones is 1. The predicted octanol–water partition coefficient (Wildman–Crippen LogP) is 3.27. The van der Waals surface area contributed by atoms with Gasteiger partial charge in [-0.2, -0.15) is 0 Å². The van der Waals surface area contributed by atoms with Crippen molar-refractivity contribution >= 4 is 17.7 Å². The number of rotatable bonds is 5. The molecule has 1 fully saturated rings. The van der Waals surface area contributed by atoms with E-state index in [0.29, 0.717) is 17.3 Å². The molecule has 0 aromatic carbocycles. The van der Waals surface area contributed by atoms with E-state index >= 15 is 0 Å². The van der Waals surface area contributed by atoms with Crippen LogP contribution in [0.5, 0.6) is 0 Å². The zero-order valence-corrected chi connectivity index (χ0v) is 15.6. The smallest absolute Gasteiger partial charge is 0.212 e. The molecule has 1 saturated heterocycles. The monoisotopic (exact) mass is 350 g/mol. The Morgan fingerprint density at radius 1 is 1.19 bits per heavy atom. The van der Waals surface area contributed by atoms with E-state index in [1.54, 1.807) is 30.6 Å². The molecule has 1 aliphatic heterocycles. The van der Waals surface area contributed by atoms with Gasteiger partial charge in [-0.3, -0.25) is 14.7 Å². The number of hydrogen-bond donors (Lipinski definition) is 0. The fourth-order valence-electron chi connectivity index (χ4n) is 3.25. The van der Waals surface area contributed by atoms with Gasteiger partial charge in [-0.25, -0.2) is 4.98 Å². The molecule has 0 aliphatic carbocycles. The Labute approximate surface area is 155 Å². The van der Waals surface area contributed by atoms with E-state index in [2.05, 4.69) is 40.2 Å². The molecular weight excluding hydrogens is 324 g/mol. The number of nitrogens with zero attached hydrogens (tertiary/aromatic N) is 4. The summed E-state index contributed by atoms with van der Waals surface area (Å²) < 4.78 is 0. The van der Waals surface area contributed by atoms with Gasteiger partial charge in [-0.05, 0) is 44.0 Å². The van der Waals surface area contributed by atoms with Crippen LogP contribution in [0, 0.1) is 0 Å². The quantitative estimate of drug-likeness (QED) is 0.775. The highest BCUT2D eigenvalue weighted by Gasteiger charge is 2.19. The van der Waals surface area contributed by atoms with E-state index in [9.17, 15) is 4.79 Å². The lowest BCUT2D eigenvalue weighted by Crippen LogP contribution is -2.35. The summed E-state index contributed by atoms with van der Waals surface area (Å²) in [7, 11) is 0. The van der Waals surface area contributed by atoms with E-state index in [4.69, 9.17) is 0 Å². The number of aromatic nitrogens is 2. The number of anilines is 1. The molecule has 0 spiro atoms. The number of hydrogen-bond acceptors (Lipinski definition) is 5. The Kier molecular flexibility index (Phi) is 5.78. The predicted molar refractivity (Wildman–Crippen MR) is 106 cm³/mol. The summed E-state index contributed by atoms with van der Waals surface area (Å²) in [4.78, 5) is 26.3. The zero-order chi connectivity index (χ0) is 18.5. The lowest BCUT2D eigenvalue weighted by molar-refractivity contribution is 0.103. The van der Waals surface area contributed by atoms with Crippen molar-refractivity contribution in [2.45, 2.75) is 26.3 Å². The minimum absolute atomic E-state index is 0.110. The fourth-order valence-corrected chi connectivity index (χ4v) is 3.25. The Balaban J connectivity index is 1.79. The van der Waals surface area contributed by atoms with Crippen LogP contribution < -0.4 is 4.90 Å². The Morgan fingerprint density at radius 3 is 2.81 bits per heavy atom. The number of carbonyl (C=O) groups excluding carboxylic acids is 1. The molecule has 1 aliphatic rings. The molecule has 3 heterocycles. The van der Waals surface area contributed by atoms with Gasteiger partial charge >= 0.3 is 0 Å². The molecule has 0 N–H and O–H groups in total. The maximum Gasteiger partial charge on any atom is 0.212 e. The maximum absolute atomic E-state index is 12.8. The van der Waals surface area contributed by atoms with Crippen LogP contribution in [0.1, 0.15) is 41.9 Å². The van der Waals surface area contributed by atoms with E-state index in [1.165, 1.54) is 0 Å². The second kappa shape index (κ2) is 8.23. The van der Waals surface area contributed by atoms with E-state index in [1.807, 2.05) is 12.1 Å². The Hall–Kier alpha value is -2.53. The lowest BCUT2D eigenvalue weighted by Gasteiger charge is -2.25. The third kappa shape index (κ3) is 4.17. The molecule has 136 valence electrons. The van der Waals surface area contributed by atoms with E-state index in [0.717, 1.165) is 44.0 Å². The van der Waals surface area contributed by atoms with E-state index < -0.39 is 0 Å². The third-order valence-corrected chi connectivity index (χ3v) is 4.81. The number of carbonyl (C=O) groups is 1. The SMILES string of the molecule is C=Cc1cncc(C(=O)c2cccc(N3CCCN(C(C)C)CC3)n2)c1. The summed E-state index contributed by atoms with van der Waals surface area (Å²) >= 11 is 0.